The molecule has 0 unspecified atom stereocenters. The number of thioether (sulfide) groups is 1. The number of hydrogen-bond acceptors (Lipinski definition) is 3. The number of likely N-dealkylation sites (tertiary alicyclic amines) is 1. The fourth-order valence-electron chi connectivity index (χ4n) is 2.57. The van der Waals surface area contributed by atoms with Crippen LogP contribution in [0.25, 0.3) is 0 Å². The van der Waals surface area contributed by atoms with Crippen molar-refractivity contribution in [1.82, 2.24) is 9.88 Å². The summed E-state index contributed by atoms with van der Waals surface area (Å²) in [6.07, 6.45) is 1.80. The summed E-state index contributed by atoms with van der Waals surface area (Å²) in [4.78, 5) is 19.7. The molecule has 1 N–H and O–H groups in total. The predicted molar refractivity (Wildman–Crippen MR) is 95.0 cm³/mol. The molecule has 1 aromatic heterocycles. The minimum atomic E-state index is -0.0333. The summed E-state index contributed by atoms with van der Waals surface area (Å²) in [6.45, 7) is 5.75. The van der Waals surface area contributed by atoms with Gasteiger partial charge in [-0.2, -0.15) is 0 Å². The number of amides is 2. The molecule has 1 saturated heterocycles. The van der Waals surface area contributed by atoms with Crippen molar-refractivity contribution in [3.63, 3.8) is 0 Å². The summed E-state index contributed by atoms with van der Waals surface area (Å²) in [5, 5.41) is 3.51. The van der Waals surface area contributed by atoms with Crippen molar-refractivity contribution < 1.29 is 4.79 Å². The van der Waals surface area contributed by atoms with E-state index in [0.29, 0.717) is 11.2 Å². The van der Waals surface area contributed by atoms with Gasteiger partial charge in [0.05, 0.1) is 5.69 Å². The number of nitrogens with zero attached hydrogens (tertiary/aromatic N) is 2. The van der Waals surface area contributed by atoms with Gasteiger partial charge in [-0.15, -0.1) is 11.8 Å². The van der Waals surface area contributed by atoms with Crippen LogP contribution >= 0.6 is 11.8 Å². The average Bonchev–Trinajstić information content (AvgIpc) is 2.48. The molecule has 2 aromatic rings. The van der Waals surface area contributed by atoms with E-state index in [-0.39, 0.29) is 6.03 Å². The summed E-state index contributed by atoms with van der Waals surface area (Å²) >= 11 is 1.76. The van der Waals surface area contributed by atoms with E-state index in [4.69, 9.17) is 0 Å². The first-order valence-corrected chi connectivity index (χ1v) is 8.74. The third-order valence-corrected chi connectivity index (χ3v) is 4.85. The van der Waals surface area contributed by atoms with E-state index in [1.165, 1.54) is 0 Å². The molecule has 120 valence electrons. The standard InChI is InChI=1S/C18H21N3OS/c1-13(2)23-17-9-4-3-8-16(17)20-18(22)21-11-14(12-21)15-7-5-6-10-19-15/h3-10,13-14H,11-12H2,1-2H3,(H,20,22). The Morgan fingerprint density at radius 3 is 2.65 bits per heavy atom. The maximum absolute atomic E-state index is 12.4. The number of carbonyl (C=O) groups excluding carboxylic acids is 1. The molecular formula is C18H21N3OS. The lowest BCUT2D eigenvalue weighted by Crippen LogP contribution is -2.50. The molecule has 0 aliphatic carbocycles. The van der Waals surface area contributed by atoms with E-state index < -0.39 is 0 Å². The first-order chi connectivity index (χ1) is 11.1. The summed E-state index contributed by atoms with van der Waals surface area (Å²) in [5.41, 5.74) is 1.95. The number of rotatable bonds is 4. The zero-order valence-corrected chi connectivity index (χ0v) is 14.2. The van der Waals surface area contributed by atoms with Gasteiger partial charge in [-0.3, -0.25) is 4.98 Å². The summed E-state index contributed by atoms with van der Waals surface area (Å²) in [6, 6.07) is 13.9. The van der Waals surface area contributed by atoms with Crippen LogP contribution in [0.4, 0.5) is 10.5 Å². The second kappa shape index (κ2) is 7.04. The zero-order chi connectivity index (χ0) is 16.2. The molecule has 23 heavy (non-hydrogen) atoms. The van der Waals surface area contributed by atoms with Crippen LogP contribution in [0, 0.1) is 0 Å². The van der Waals surface area contributed by atoms with E-state index >= 15 is 0 Å². The smallest absolute Gasteiger partial charge is 0.321 e. The van der Waals surface area contributed by atoms with E-state index in [0.717, 1.165) is 29.4 Å². The number of aromatic nitrogens is 1. The van der Waals surface area contributed by atoms with Crippen molar-refractivity contribution >= 4 is 23.5 Å². The number of pyridine rings is 1. The highest BCUT2D eigenvalue weighted by Gasteiger charge is 2.32. The second-order valence-electron chi connectivity index (χ2n) is 5.95. The van der Waals surface area contributed by atoms with Crippen molar-refractivity contribution in [2.75, 3.05) is 18.4 Å². The van der Waals surface area contributed by atoms with E-state index in [1.54, 1.807) is 18.0 Å². The Kier molecular flexibility index (Phi) is 4.86. The van der Waals surface area contributed by atoms with Gasteiger partial charge in [0.15, 0.2) is 0 Å². The van der Waals surface area contributed by atoms with Crippen molar-refractivity contribution in [2.24, 2.45) is 0 Å². The number of anilines is 1. The number of benzene rings is 1. The van der Waals surface area contributed by atoms with Gasteiger partial charge in [0, 0.05) is 41.0 Å². The topological polar surface area (TPSA) is 45.2 Å². The molecule has 0 bridgehead atoms. The second-order valence-corrected chi connectivity index (χ2v) is 7.57. The number of hydrogen-bond donors (Lipinski definition) is 1. The predicted octanol–water partition coefficient (Wildman–Crippen LogP) is 4.21. The Balaban J connectivity index is 1.59. The van der Waals surface area contributed by atoms with E-state index in [1.807, 2.05) is 47.4 Å². The van der Waals surface area contributed by atoms with Crippen molar-refractivity contribution in [3.05, 3.63) is 54.4 Å². The molecule has 4 nitrogen and oxygen atoms in total. The highest BCUT2D eigenvalue weighted by Crippen LogP contribution is 2.31. The molecule has 1 aromatic carbocycles. The monoisotopic (exact) mass is 327 g/mol. The minimum Gasteiger partial charge on any atom is -0.323 e. The molecule has 0 spiro atoms. The molecule has 5 heteroatoms. The van der Waals surface area contributed by atoms with Gasteiger partial charge in [-0.05, 0) is 24.3 Å². The van der Waals surface area contributed by atoms with Gasteiger partial charge in [0.1, 0.15) is 0 Å². The summed E-state index contributed by atoms with van der Waals surface area (Å²) in [7, 11) is 0. The SMILES string of the molecule is CC(C)Sc1ccccc1NC(=O)N1CC(c2ccccn2)C1. The van der Waals surface area contributed by atoms with Crippen molar-refractivity contribution in [2.45, 2.75) is 29.9 Å². The lowest BCUT2D eigenvalue weighted by Gasteiger charge is -2.38. The van der Waals surface area contributed by atoms with Crippen LogP contribution in [-0.4, -0.2) is 34.3 Å². The lowest BCUT2D eigenvalue weighted by atomic mass is 9.96. The molecule has 3 rings (SSSR count). The first kappa shape index (κ1) is 15.9. The Hall–Kier alpha value is -2.01. The molecule has 0 saturated carbocycles. The largest absolute Gasteiger partial charge is 0.323 e. The molecule has 2 amide bonds. The molecule has 0 atom stereocenters. The normalized spacial score (nSPS) is 14.7. The Morgan fingerprint density at radius 1 is 1.22 bits per heavy atom. The molecule has 0 radical (unpaired) electrons. The van der Waals surface area contributed by atoms with Gasteiger partial charge in [0.2, 0.25) is 0 Å². The van der Waals surface area contributed by atoms with E-state index in [9.17, 15) is 4.79 Å². The molecule has 1 aliphatic heterocycles. The number of carbonyl (C=O) groups is 1. The van der Waals surface area contributed by atoms with Crippen LogP contribution in [0.1, 0.15) is 25.5 Å². The Morgan fingerprint density at radius 2 is 1.96 bits per heavy atom. The highest BCUT2D eigenvalue weighted by molar-refractivity contribution is 8.00. The lowest BCUT2D eigenvalue weighted by molar-refractivity contribution is 0.162. The van der Waals surface area contributed by atoms with Crippen molar-refractivity contribution in [3.8, 4) is 0 Å². The Labute approximate surface area is 141 Å². The maximum Gasteiger partial charge on any atom is 0.321 e. The summed E-state index contributed by atoms with van der Waals surface area (Å²) in [5.74, 6) is 0.349. The molecule has 2 heterocycles. The van der Waals surface area contributed by atoms with Crippen LogP contribution in [0.3, 0.4) is 0 Å². The quantitative estimate of drug-likeness (QED) is 0.856. The van der Waals surface area contributed by atoms with Gasteiger partial charge in [-0.1, -0.05) is 32.0 Å². The fraction of sp³-hybridized carbons (Fsp3) is 0.333. The van der Waals surface area contributed by atoms with E-state index in [2.05, 4.69) is 24.1 Å². The van der Waals surface area contributed by atoms with Crippen LogP contribution < -0.4 is 5.32 Å². The summed E-state index contributed by atoms with van der Waals surface area (Å²) < 4.78 is 0. The molecule has 1 fully saturated rings. The third-order valence-electron chi connectivity index (χ3n) is 3.77. The average molecular weight is 327 g/mol. The van der Waals surface area contributed by atoms with Crippen LogP contribution in [0.2, 0.25) is 0 Å². The number of urea groups is 1. The zero-order valence-electron chi connectivity index (χ0n) is 13.4. The maximum atomic E-state index is 12.4. The van der Waals surface area contributed by atoms with Gasteiger partial charge in [-0.25, -0.2) is 4.79 Å². The first-order valence-electron chi connectivity index (χ1n) is 7.86. The van der Waals surface area contributed by atoms with Crippen LogP contribution in [-0.2, 0) is 0 Å². The Bertz CT molecular complexity index is 669. The fourth-order valence-corrected chi connectivity index (χ4v) is 3.48. The van der Waals surface area contributed by atoms with Gasteiger partial charge < -0.3 is 10.2 Å². The highest BCUT2D eigenvalue weighted by atomic mass is 32.2. The third kappa shape index (κ3) is 3.85. The van der Waals surface area contributed by atoms with Crippen molar-refractivity contribution in [1.29, 1.82) is 0 Å². The van der Waals surface area contributed by atoms with Gasteiger partial charge >= 0.3 is 6.03 Å². The number of nitrogens with one attached hydrogen (secondary N) is 1. The minimum absolute atomic E-state index is 0.0333. The molecular weight excluding hydrogens is 306 g/mol. The number of para-hydroxylation sites is 1. The van der Waals surface area contributed by atoms with Gasteiger partial charge in [0.25, 0.3) is 0 Å². The molecule has 1 aliphatic rings. The van der Waals surface area contributed by atoms with Crippen LogP contribution in [0.15, 0.2) is 53.6 Å². The van der Waals surface area contributed by atoms with Crippen LogP contribution in [0.5, 0.6) is 0 Å².